The Morgan fingerprint density at radius 2 is 1.83 bits per heavy atom. The quantitative estimate of drug-likeness (QED) is 0.783. The zero-order valence-corrected chi connectivity index (χ0v) is 13.6. The number of benzene rings is 2. The molecular formula is C18H19N5O. The van der Waals surface area contributed by atoms with Gasteiger partial charge >= 0.3 is 0 Å². The molecule has 6 heteroatoms. The molecule has 0 bridgehead atoms. The summed E-state index contributed by atoms with van der Waals surface area (Å²) in [5.41, 5.74) is 2.71. The number of rotatable bonds is 5. The van der Waals surface area contributed by atoms with Gasteiger partial charge in [-0.2, -0.15) is 5.10 Å². The fraction of sp³-hybridized carbons (Fsp3) is 0.167. The average Bonchev–Trinajstić information content (AvgIpc) is 3.16. The second-order valence-corrected chi connectivity index (χ2v) is 5.45. The van der Waals surface area contributed by atoms with Gasteiger partial charge in [-0.1, -0.05) is 30.3 Å². The molecule has 3 aromatic rings. The van der Waals surface area contributed by atoms with Gasteiger partial charge in [0.15, 0.2) is 0 Å². The van der Waals surface area contributed by atoms with Crippen LogP contribution in [0.2, 0.25) is 0 Å². The molecule has 0 aliphatic heterocycles. The van der Waals surface area contributed by atoms with Crippen molar-refractivity contribution in [3.63, 3.8) is 0 Å². The van der Waals surface area contributed by atoms with Crippen LogP contribution in [0.1, 0.15) is 13.0 Å². The maximum Gasteiger partial charge on any atom is 0.249 e. The summed E-state index contributed by atoms with van der Waals surface area (Å²) >= 11 is 0. The van der Waals surface area contributed by atoms with Gasteiger partial charge in [0.1, 0.15) is 18.7 Å². The number of aromatic nitrogens is 3. The van der Waals surface area contributed by atoms with Crippen molar-refractivity contribution < 1.29 is 4.79 Å². The fourth-order valence-corrected chi connectivity index (χ4v) is 2.44. The molecule has 24 heavy (non-hydrogen) atoms. The third kappa shape index (κ3) is 3.27. The van der Waals surface area contributed by atoms with Crippen LogP contribution in [-0.4, -0.2) is 27.7 Å². The van der Waals surface area contributed by atoms with E-state index in [0.717, 1.165) is 17.1 Å². The molecule has 0 spiro atoms. The van der Waals surface area contributed by atoms with E-state index in [9.17, 15) is 4.79 Å². The Hall–Kier alpha value is -3.15. The number of hydrogen-bond donors (Lipinski definition) is 1. The van der Waals surface area contributed by atoms with E-state index in [-0.39, 0.29) is 5.91 Å². The van der Waals surface area contributed by atoms with Gasteiger partial charge < -0.3 is 10.2 Å². The Morgan fingerprint density at radius 3 is 2.54 bits per heavy atom. The standard InChI is InChI=1S/C18H19N5O/c1-14(23-13-19-12-20-23)18(24)21-16-10-6-7-11-17(16)22(2)15-8-4-3-5-9-15/h3-14H,1-2H3,(H,21,24). The highest BCUT2D eigenvalue weighted by molar-refractivity contribution is 5.97. The molecule has 122 valence electrons. The predicted octanol–water partition coefficient (Wildman–Crippen LogP) is 3.25. The van der Waals surface area contributed by atoms with Crippen LogP contribution in [0.15, 0.2) is 67.3 Å². The van der Waals surface area contributed by atoms with Gasteiger partial charge in [0.25, 0.3) is 0 Å². The molecule has 0 radical (unpaired) electrons. The maximum absolute atomic E-state index is 12.5. The normalized spacial score (nSPS) is 11.8. The molecule has 2 aromatic carbocycles. The first-order valence-corrected chi connectivity index (χ1v) is 7.69. The van der Waals surface area contributed by atoms with Gasteiger partial charge in [0.2, 0.25) is 5.91 Å². The summed E-state index contributed by atoms with van der Waals surface area (Å²) in [6, 6.07) is 17.3. The Bertz CT molecular complexity index is 801. The highest BCUT2D eigenvalue weighted by Crippen LogP contribution is 2.30. The molecule has 1 unspecified atom stereocenters. The lowest BCUT2D eigenvalue weighted by molar-refractivity contribution is -0.119. The summed E-state index contributed by atoms with van der Waals surface area (Å²) in [4.78, 5) is 18.4. The number of carbonyl (C=O) groups excluding carboxylic acids is 1. The van der Waals surface area contributed by atoms with Crippen LogP contribution in [0.5, 0.6) is 0 Å². The van der Waals surface area contributed by atoms with Gasteiger partial charge in [0.05, 0.1) is 11.4 Å². The fourth-order valence-electron chi connectivity index (χ4n) is 2.44. The van der Waals surface area contributed by atoms with E-state index in [1.54, 1.807) is 6.92 Å². The van der Waals surface area contributed by atoms with Crippen molar-refractivity contribution in [2.75, 3.05) is 17.3 Å². The first-order valence-electron chi connectivity index (χ1n) is 7.69. The number of nitrogens with one attached hydrogen (secondary N) is 1. The van der Waals surface area contributed by atoms with E-state index in [4.69, 9.17) is 0 Å². The summed E-state index contributed by atoms with van der Waals surface area (Å²) in [6.45, 7) is 1.79. The molecule has 0 saturated carbocycles. The monoisotopic (exact) mass is 321 g/mol. The van der Waals surface area contributed by atoms with Crippen LogP contribution in [0, 0.1) is 0 Å². The van der Waals surface area contributed by atoms with E-state index >= 15 is 0 Å². The summed E-state index contributed by atoms with van der Waals surface area (Å²) in [6.07, 6.45) is 2.95. The molecule has 0 aliphatic carbocycles. The van der Waals surface area contributed by atoms with Gasteiger partial charge in [0, 0.05) is 12.7 Å². The molecular weight excluding hydrogens is 302 g/mol. The van der Waals surface area contributed by atoms with Gasteiger partial charge in [-0.05, 0) is 31.2 Å². The van der Waals surface area contributed by atoms with E-state index < -0.39 is 6.04 Å². The lowest BCUT2D eigenvalue weighted by atomic mass is 10.2. The highest BCUT2D eigenvalue weighted by Gasteiger charge is 2.18. The lowest BCUT2D eigenvalue weighted by Gasteiger charge is -2.23. The summed E-state index contributed by atoms with van der Waals surface area (Å²) in [5, 5.41) is 7.00. The van der Waals surface area contributed by atoms with Crippen molar-refractivity contribution in [3.05, 3.63) is 67.3 Å². The Labute approximate surface area is 140 Å². The maximum atomic E-state index is 12.5. The first-order chi connectivity index (χ1) is 11.7. The summed E-state index contributed by atoms with van der Waals surface area (Å²) in [5.74, 6) is -0.144. The molecule has 1 atom stereocenters. The number of amides is 1. The number of hydrogen-bond acceptors (Lipinski definition) is 4. The average molecular weight is 321 g/mol. The Morgan fingerprint density at radius 1 is 1.12 bits per heavy atom. The largest absolute Gasteiger partial charge is 0.343 e. The van der Waals surface area contributed by atoms with Gasteiger partial charge in [-0.3, -0.25) is 4.79 Å². The van der Waals surface area contributed by atoms with Crippen LogP contribution in [0.3, 0.4) is 0 Å². The zero-order valence-electron chi connectivity index (χ0n) is 13.6. The topological polar surface area (TPSA) is 63.1 Å². The molecule has 1 aromatic heterocycles. The predicted molar refractivity (Wildman–Crippen MR) is 94.3 cm³/mol. The number of carbonyl (C=O) groups is 1. The zero-order chi connectivity index (χ0) is 16.9. The molecule has 0 aliphatic rings. The third-order valence-corrected chi connectivity index (χ3v) is 3.88. The van der Waals surface area contributed by atoms with Crippen molar-refractivity contribution in [2.45, 2.75) is 13.0 Å². The smallest absolute Gasteiger partial charge is 0.249 e. The van der Waals surface area contributed by atoms with Gasteiger partial charge in [-0.15, -0.1) is 0 Å². The van der Waals surface area contributed by atoms with Crippen molar-refractivity contribution in [1.29, 1.82) is 0 Å². The molecule has 0 saturated heterocycles. The minimum atomic E-state index is -0.442. The Balaban J connectivity index is 1.83. The highest BCUT2D eigenvalue weighted by atomic mass is 16.2. The molecule has 3 rings (SSSR count). The van der Waals surface area contributed by atoms with Crippen LogP contribution in [0.4, 0.5) is 17.1 Å². The number of anilines is 3. The minimum Gasteiger partial charge on any atom is -0.343 e. The van der Waals surface area contributed by atoms with Crippen molar-refractivity contribution >= 4 is 23.0 Å². The molecule has 1 amide bonds. The van der Waals surface area contributed by atoms with Crippen LogP contribution >= 0.6 is 0 Å². The summed E-state index contributed by atoms with van der Waals surface area (Å²) in [7, 11) is 1.97. The van der Waals surface area contributed by atoms with E-state index in [1.165, 1.54) is 17.3 Å². The molecule has 6 nitrogen and oxygen atoms in total. The van der Waals surface area contributed by atoms with E-state index in [2.05, 4.69) is 15.4 Å². The van der Waals surface area contributed by atoms with Crippen LogP contribution in [0.25, 0.3) is 0 Å². The first kappa shape index (κ1) is 15.7. The van der Waals surface area contributed by atoms with Crippen molar-refractivity contribution in [3.8, 4) is 0 Å². The van der Waals surface area contributed by atoms with Crippen molar-refractivity contribution in [2.24, 2.45) is 0 Å². The van der Waals surface area contributed by atoms with Crippen LogP contribution < -0.4 is 10.2 Å². The molecule has 0 fully saturated rings. The van der Waals surface area contributed by atoms with Gasteiger partial charge in [-0.25, -0.2) is 9.67 Å². The third-order valence-electron chi connectivity index (χ3n) is 3.88. The second-order valence-electron chi connectivity index (χ2n) is 5.45. The van der Waals surface area contributed by atoms with E-state index in [1.807, 2.05) is 66.5 Å². The van der Waals surface area contributed by atoms with E-state index in [0.29, 0.717) is 0 Å². The molecule has 1 heterocycles. The minimum absolute atomic E-state index is 0.144. The Kier molecular flexibility index (Phi) is 4.56. The summed E-state index contributed by atoms with van der Waals surface area (Å²) < 4.78 is 1.53. The second kappa shape index (κ2) is 6.95. The van der Waals surface area contributed by atoms with Crippen LogP contribution in [-0.2, 0) is 4.79 Å². The number of para-hydroxylation sites is 3. The number of nitrogens with zero attached hydrogens (tertiary/aromatic N) is 4. The molecule has 1 N–H and O–H groups in total. The lowest BCUT2D eigenvalue weighted by Crippen LogP contribution is -2.25. The SMILES string of the molecule is CC(C(=O)Nc1ccccc1N(C)c1ccccc1)n1cncn1. The van der Waals surface area contributed by atoms with Crippen molar-refractivity contribution in [1.82, 2.24) is 14.8 Å².